The van der Waals surface area contributed by atoms with Crippen molar-refractivity contribution >= 4 is 11.8 Å². The Morgan fingerprint density at radius 1 is 1.28 bits per heavy atom. The van der Waals surface area contributed by atoms with Gasteiger partial charge < -0.3 is 23.8 Å². The summed E-state index contributed by atoms with van der Waals surface area (Å²) in [5, 5.41) is 2.88. The van der Waals surface area contributed by atoms with E-state index in [1.807, 2.05) is 6.07 Å². The fourth-order valence-electron chi connectivity index (χ4n) is 3.65. The van der Waals surface area contributed by atoms with Crippen LogP contribution in [0.25, 0.3) is 0 Å². The molecular weight excluding hydrogens is 324 g/mol. The quantitative estimate of drug-likeness (QED) is 0.914. The number of nitrogens with one attached hydrogen (secondary N) is 1. The monoisotopic (exact) mass is 344 g/mol. The first-order valence-corrected chi connectivity index (χ1v) is 8.47. The topological polar surface area (TPSA) is 84.9 Å². The lowest BCUT2D eigenvalue weighted by molar-refractivity contribution is -0.129. The molecule has 0 aliphatic carbocycles. The maximum atomic E-state index is 12.8. The van der Waals surface area contributed by atoms with Gasteiger partial charge in [0.2, 0.25) is 5.91 Å². The fourth-order valence-corrected chi connectivity index (χ4v) is 3.65. The van der Waals surface area contributed by atoms with Crippen molar-refractivity contribution in [3.05, 3.63) is 48.3 Å². The van der Waals surface area contributed by atoms with Crippen LogP contribution < -0.4 is 5.32 Å². The summed E-state index contributed by atoms with van der Waals surface area (Å²) < 4.78 is 16.0. The molecule has 25 heavy (non-hydrogen) atoms. The number of amides is 2. The lowest BCUT2D eigenvalue weighted by Gasteiger charge is -2.40. The number of hydrogen-bond acceptors (Lipinski definition) is 5. The van der Waals surface area contributed by atoms with Crippen LogP contribution in [0.4, 0.5) is 0 Å². The van der Waals surface area contributed by atoms with Crippen molar-refractivity contribution < 1.29 is 23.2 Å². The van der Waals surface area contributed by atoms with Crippen LogP contribution in [0.3, 0.4) is 0 Å². The van der Waals surface area contributed by atoms with E-state index in [0.29, 0.717) is 37.4 Å². The molecule has 132 valence electrons. The molecule has 2 aliphatic rings. The van der Waals surface area contributed by atoms with Crippen molar-refractivity contribution in [3.8, 4) is 0 Å². The van der Waals surface area contributed by atoms with E-state index >= 15 is 0 Å². The lowest BCUT2D eigenvalue weighted by atomic mass is 9.89. The molecule has 2 aromatic rings. The third-order valence-electron chi connectivity index (χ3n) is 4.93. The molecule has 4 heterocycles. The van der Waals surface area contributed by atoms with E-state index in [2.05, 4.69) is 5.32 Å². The minimum atomic E-state index is -0.301. The third kappa shape index (κ3) is 3.19. The Morgan fingerprint density at radius 3 is 2.96 bits per heavy atom. The summed E-state index contributed by atoms with van der Waals surface area (Å²) in [6, 6.07) is 5.26. The summed E-state index contributed by atoms with van der Waals surface area (Å²) in [6.07, 6.45) is 5.83. The number of ether oxygens (including phenoxy) is 1. The van der Waals surface area contributed by atoms with Gasteiger partial charge in [-0.15, -0.1) is 0 Å². The fraction of sp³-hybridized carbons (Fsp3) is 0.444. The van der Waals surface area contributed by atoms with Gasteiger partial charge in [-0.25, -0.2) is 0 Å². The number of furan rings is 2. The highest BCUT2D eigenvalue weighted by molar-refractivity contribution is 5.94. The smallest absolute Gasteiger partial charge is 0.257 e. The van der Waals surface area contributed by atoms with E-state index < -0.39 is 0 Å². The van der Waals surface area contributed by atoms with Crippen molar-refractivity contribution in [3.63, 3.8) is 0 Å². The molecule has 0 aromatic carbocycles. The average Bonchev–Trinajstić information content (AvgIpc) is 3.40. The summed E-state index contributed by atoms with van der Waals surface area (Å²) in [6.45, 7) is 1.34. The van der Waals surface area contributed by atoms with Crippen LogP contribution >= 0.6 is 0 Å². The highest BCUT2D eigenvalue weighted by atomic mass is 16.5. The molecule has 3 atom stereocenters. The summed E-state index contributed by atoms with van der Waals surface area (Å²) >= 11 is 0. The molecule has 7 heteroatoms. The van der Waals surface area contributed by atoms with Crippen LogP contribution in [0.1, 0.15) is 29.0 Å². The van der Waals surface area contributed by atoms with Gasteiger partial charge in [-0.05, 0) is 31.0 Å². The molecular formula is C18H20N2O5. The molecule has 2 aromatic heterocycles. The van der Waals surface area contributed by atoms with Gasteiger partial charge in [-0.3, -0.25) is 9.59 Å². The van der Waals surface area contributed by atoms with Crippen LogP contribution in [-0.4, -0.2) is 42.0 Å². The summed E-state index contributed by atoms with van der Waals surface area (Å²) in [7, 11) is 0. The molecule has 4 rings (SSSR count). The number of likely N-dealkylation sites (tertiary alicyclic amines) is 1. The number of piperidine rings is 1. The summed E-state index contributed by atoms with van der Waals surface area (Å²) in [5.74, 6) is 0.198. The predicted molar refractivity (Wildman–Crippen MR) is 86.6 cm³/mol. The molecule has 2 fully saturated rings. The van der Waals surface area contributed by atoms with Crippen LogP contribution in [0.2, 0.25) is 0 Å². The van der Waals surface area contributed by atoms with Crippen molar-refractivity contribution in [2.45, 2.75) is 31.5 Å². The minimum absolute atomic E-state index is 0.0246. The molecule has 7 nitrogen and oxygen atoms in total. The van der Waals surface area contributed by atoms with Gasteiger partial charge in [0.15, 0.2) is 0 Å². The van der Waals surface area contributed by atoms with Gasteiger partial charge in [0.05, 0.1) is 42.7 Å². The Morgan fingerprint density at radius 2 is 2.20 bits per heavy atom. The average molecular weight is 344 g/mol. The van der Waals surface area contributed by atoms with Gasteiger partial charge in [-0.2, -0.15) is 0 Å². The first-order valence-electron chi connectivity index (χ1n) is 8.47. The highest BCUT2D eigenvalue weighted by Crippen LogP contribution is 2.32. The number of fused-ring (bicyclic) bond motifs is 1. The van der Waals surface area contributed by atoms with Gasteiger partial charge in [0, 0.05) is 13.2 Å². The summed E-state index contributed by atoms with van der Waals surface area (Å²) in [4.78, 5) is 27.1. The Balaban J connectivity index is 1.46. The summed E-state index contributed by atoms with van der Waals surface area (Å²) in [5.41, 5.74) is 0.502. The minimum Gasteiger partial charge on any atom is -0.472 e. The van der Waals surface area contributed by atoms with Crippen molar-refractivity contribution in [1.29, 1.82) is 0 Å². The first kappa shape index (κ1) is 16.0. The lowest BCUT2D eigenvalue weighted by Crippen LogP contribution is -2.54. The Hall–Kier alpha value is -2.54. The Kier molecular flexibility index (Phi) is 4.31. The second-order valence-electron chi connectivity index (χ2n) is 6.46. The molecule has 2 saturated heterocycles. The van der Waals surface area contributed by atoms with E-state index in [-0.39, 0.29) is 29.9 Å². The van der Waals surface area contributed by atoms with E-state index in [9.17, 15) is 9.59 Å². The van der Waals surface area contributed by atoms with Gasteiger partial charge in [0.1, 0.15) is 12.0 Å². The van der Waals surface area contributed by atoms with Gasteiger partial charge in [0.25, 0.3) is 5.91 Å². The maximum absolute atomic E-state index is 12.8. The normalized spacial score (nSPS) is 25.6. The second-order valence-corrected chi connectivity index (χ2v) is 6.46. The maximum Gasteiger partial charge on any atom is 0.257 e. The molecule has 2 amide bonds. The predicted octanol–water partition coefficient (Wildman–Crippen LogP) is 1.81. The van der Waals surface area contributed by atoms with E-state index in [1.54, 1.807) is 23.3 Å². The largest absolute Gasteiger partial charge is 0.472 e. The molecule has 1 N–H and O–H groups in total. The zero-order chi connectivity index (χ0) is 17.2. The SMILES string of the molecule is O=C(NCc1ccco1)[C@H]1C[C@H]2OCC[C@H]2N(C(=O)c2ccoc2)C1. The number of nitrogens with zero attached hydrogens (tertiary/aromatic N) is 1. The first-order chi connectivity index (χ1) is 12.2. The molecule has 0 radical (unpaired) electrons. The number of rotatable bonds is 4. The highest BCUT2D eigenvalue weighted by Gasteiger charge is 2.44. The molecule has 0 saturated carbocycles. The van der Waals surface area contributed by atoms with Crippen molar-refractivity contribution in [2.24, 2.45) is 5.92 Å². The van der Waals surface area contributed by atoms with E-state index in [4.69, 9.17) is 13.6 Å². The molecule has 0 bridgehead atoms. The molecule has 2 aliphatic heterocycles. The van der Waals surface area contributed by atoms with Crippen LogP contribution in [0.5, 0.6) is 0 Å². The van der Waals surface area contributed by atoms with Crippen molar-refractivity contribution in [2.75, 3.05) is 13.2 Å². The number of hydrogen-bond donors (Lipinski definition) is 1. The van der Waals surface area contributed by atoms with E-state index in [1.165, 1.54) is 12.5 Å². The zero-order valence-corrected chi connectivity index (χ0v) is 13.7. The Labute approximate surface area is 144 Å². The van der Waals surface area contributed by atoms with Crippen molar-refractivity contribution in [1.82, 2.24) is 10.2 Å². The van der Waals surface area contributed by atoms with Crippen LogP contribution in [0.15, 0.2) is 45.8 Å². The standard InChI is InChI=1S/C18H20N2O5/c21-17(19-9-14-2-1-5-24-14)13-8-16-15(4-7-25-16)20(10-13)18(22)12-3-6-23-11-12/h1-3,5-6,11,13,15-16H,4,7-10H2,(H,19,21)/t13-,15+,16+/m0/s1. The zero-order valence-electron chi connectivity index (χ0n) is 13.7. The van der Waals surface area contributed by atoms with Gasteiger partial charge >= 0.3 is 0 Å². The van der Waals surface area contributed by atoms with E-state index in [0.717, 1.165) is 6.42 Å². The van der Waals surface area contributed by atoms with Gasteiger partial charge in [-0.1, -0.05) is 0 Å². The number of carbonyl (C=O) groups excluding carboxylic acids is 2. The molecule has 0 unspecified atom stereocenters. The third-order valence-corrected chi connectivity index (χ3v) is 4.93. The Bertz CT molecular complexity index is 725. The second kappa shape index (κ2) is 6.76. The number of carbonyl (C=O) groups is 2. The van der Waals surface area contributed by atoms with Crippen LogP contribution in [0, 0.1) is 5.92 Å². The van der Waals surface area contributed by atoms with Crippen LogP contribution in [-0.2, 0) is 16.1 Å². The molecule has 0 spiro atoms.